The van der Waals surface area contributed by atoms with Crippen LogP contribution in [-0.4, -0.2) is 30.0 Å². The molecule has 2 rings (SSSR count). The SMILES string of the molecule is C#CC(=O)N(c1cc(F)c(OC(F)(F)F)c(Cl)c1)C1(C=O)CCC(F)(F)CC1. The van der Waals surface area contributed by atoms with Crippen molar-refractivity contribution >= 4 is 29.5 Å². The summed E-state index contributed by atoms with van der Waals surface area (Å²) >= 11 is 5.64. The Morgan fingerprint density at radius 3 is 2.25 bits per heavy atom. The van der Waals surface area contributed by atoms with E-state index in [9.17, 15) is 35.9 Å². The minimum Gasteiger partial charge on any atom is -0.401 e. The highest BCUT2D eigenvalue weighted by Gasteiger charge is 2.49. The summed E-state index contributed by atoms with van der Waals surface area (Å²) in [6.07, 6.45) is -2.40. The quantitative estimate of drug-likeness (QED) is 0.404. The Morgan fingerprint density at radius 2 is 1.82 bits per heavy atom. The van der Waals surface area contributed by atoms with Crippen molar-refractivity contribution < 1.29 is 40.7 Å². The molecule has 0 atom stereocenters. The summed E-state index contributed by atoms with van der Waals surface area (Å²) in [5.41, 5.74) is -2.29. The van der Waals surface area contributed by atoms with Crippen LogP contribution in [0, 0.1) is 18.2 Å². The van der Waals surface area contributed by atoms with Gasteiger partial charge in [0.05, 0.1) is 10.7 Å². The Kier molecular flexibility index (Phi) is 5.90. The minimum absolute atomic E-state index is 0.239. The molecule has 0 bridgehead atoms. The Balaban J connectivity index is 2.54. The number of carbonyl (C=O) groups is 2. The monoisotopic (exact) mass is 427 g/mol. The molecule has 0 aliphatic heterocycles. The predicted molar refractivity (Wildman–Crippen MR) is 86.6 cm³/mol. The third-order valence-electron chi connectivity index (χ3n) is 4.30. The van der Waals surface area contributed by atoms with E-state index >= 15 is 0 Å². The van der Waals surface area contributed by atoms with Gasteiger partial charge in [0, 0.05) is 18.9 Å². The van der Waals surface area contributed by atoms with Crippen molar-refractivity contribution in [2.75, 3.05) is 4.90 Å². The lowest BCUT2D eigenvalue weighted by molar-refractivity contribution is -0.275. The van der Waals surface area contributed by atoms with Gasteiger partial charge in [-0.15, -0.1) is 19.6 Å². The van der Waals surface area contributed by atoms with Crippen LogP contribution in [0.5, 0.6) is 5.75 Å². The van der Waals surface area contributed by atoms with Gasteiger partial charge in [0.1, 0.15) is 11.8 Å². The van der Waals surface area contributed by atoms with E-state index in [4.69, 9.17) is 18.0 Å². The van der Waals surface area contributed by atoms with Crippen LogP contribution in [-0.2, 0) is 9.59 Å². The highest BCUT2D eigenvalue weighted by Crippen LogP contribution is 2.44. The highest BCUT2D eigenvalue weighted by atomic mass is 35.5. The van der Waals surface area contributed by atoms with Gasteiger partial charge in [-0.2, -0.15) is 0 Å². The zero-order valence-electron chi connectivity index (χ0n) is 14.0. The molecule has 0 aromatic heterocycles. The van der Waals surface area contributed by atoms with E-state index in [-0.39, 0.29) is 6.29 Å². The molecule has 4 nitrogen and oxygen atoms in total. The zero-order chi connectivity index (χ0) is 21.3. The summed E-state index contributed by atoms with van der Waals surface area (Å²) in [6.45, 7) is 0. The number of amides is 1. The molecule has 1 aliphatic carbocycles. The van der Waals surface area contributed by atoms with Crippen LogP contribution in [0.2, 0.25) is 5.02 Å². The first-order valence-corrected chi connectivity index (χ1v) is 8.12. The number of alkyl halides is 5. The van der Waals surface area contributed by atoms with E-state index in [0.29, 0.717) is 11.0 Å². The molecule has 11 heteroatoms. The van der Waals surface area contributed by atoms with Gasteiger partial charge in [-0.25, -0.2) is 13.2 Å². The number of rotatable bonds is 4. The number of aldehydes is 1. The first-order valence-electron chi connectivity index (χ1n) is 7.74. The molecule has 1 aromatic rings. The van der Waals surface area contributed by atoms with Crippen LogP contribution in [0.3, 0.4) is 0 Å². The van der Waals surface area contributed by atoms with Gasteiger partial charge in [-0.05, 0) is 24.8 Å². The van der Waals surface area contributed by atoms with Crippen LogP contribution in [0.4, 0.5) is 32.0 Å². The largest absolute Gasteiger partial charge is 0.573 e. The topological polar surface area (TPSA) is 46.6 Å². The second-order valence-corrected chi connectivity index (χ2v) is 6.56. The first-order chi connectivity index (χ1) is 12.8. The van der Waals surface area contributed by atoms with Gasteiger partial charge in [-0.1, -0.05) is 11.6 Å². The average molecular weight is 428 g/mol. The molecule has 152 valence electrons. The summed E-state index contributed by atoms with van der Waals surface area (Å²) in [6, 6.07) is 1.19. The lowest BCUT2D eigenvalue weighted by Gasteiger charge is -2.43. The maximum absolute atomic E-state index is 14.2. The number of hydrogen-bond donors (Lipinski definition) is 0. The van der Waals surface area contributed by atoms with Gasteiger partial charge in [0.15, 0.2) is 11.6 Å². The average Bonchev–Trinajstić information content (AvgIpc) is 2.59. The Bertz CT molecular complexity index is 800. The smallest absolute Gasteiger partial charge is 0.401 e. The maximum atomic E-state index is 14.2. The summed E-state index contributed by atoms with van der Waals surface area (Å²) in [4.78, 5) is 24.6. The fourth-order valence-corrected chi connectivity index (χ4v) is 3.21. The standard InChI is InChI=1S/C17H12ClF6NO3/c1-2-13(27)25(15(9-26)3-5-16(20,21)6-4-15)10-7-11(18)14(12(19)8-10)28-17(22,23)24/h1,7-9H,3-6H2. The van der Waals surface area contributed by atoms with Gasteiger partial charge in [-0.3, -0.25) is 9.69 Å². The normalized spacial score (nSPS) is 18.1. The molecule has 28 heavy (non-hydrogen) atoms. The van der Waals surface area contributed by atoms with Gasteiger partial charge >= 0.3 is 12.3 Å². The fraction of sp³-hybridized carbons (Fsp3) is 0.412. The van der Waals surface area contributed by atoms with Gasteiger partial charge < -0.3 is 9.53 Å². The molecular weight excluding hydrogens is 416 g/mol. The molecule has 0 unspecified atom stereocenters. The second-order valence-electron chi connectivity index (χ2n) is 6.15. The Hall–Kier alpha value is -2.41. The van der Waals surface area contributed by atoms with Gasteiger partial charge in [0.25, 0.3) is 0 Å². The van der Waals surface area contributed by atoms with Crippen LogP contribution < -0.4 is 9.64 Å². The predicted octanol–water partition coefficient (Wildman–Crippen LogP) is 4.49. The number of terminal acetylenes is 1. The van der Waals surface area contributed by atoms with Gasteiger partial charge in [0.2, 0.25) is 5.92 Å². The van der Waals surface area contributed by atoms with E-state index < -0.39 is 71.7 Å². The lowest BCUT2D eigenvalue weighted by Crippen LogP contribution is -2.56. The second kappa shape index (κ2) is 7.54. The Labute approximate surface area is 160 Å². The summed E-state index contributed by atoms with van der Waals surface area (Å²) < 4.78 is 81.8. The van der Waals surface area contributed by atoms with E-state index in [2.05, 4.69) is 4.74 Å². The van der Waals surface area contributed by atoms with Crippen molar-refractivity contribution in [3.63, 3.8) is 0 Å². The number of anilines is 1. The van der Waals surface area contributed by atoms with E-state index in [1.54, 1.807) is 5.92 Å². The summed E-state index contributed by atoms with van der Waals surface area (Å²) in [7, 11) is 0. The molecule has 0 saturated heterocycles. The van der Waals surface area contributed by atoms with Crippen molar-refractivity contribution in [2.24, 2.45) is 0 Å². The molecular formula is C17H12ClF6NO3. The molecule has 0 heterocycles. The molecule has 0 N–H and O–H groups in total. The third-order valence-corrected chi connectivity index (χ3v) is 4.58. The first kappa shape index (κ1) is 21.9. The molecule has 0 spiro atoms. The molecule has 1 aliphatic rings. The number of carbonyl (C=O) groups excluding carboxylic acids is 2. The molecule has 1 fully saturated rings. The molecule has 1 aromatic carbocycles. The molecule has 1 saturated carbocycles. The molecule has 1 amide bonds. The number of ether oxygens (including phenoxy) is 1. The van der Waals surface area contributed by atoms with Crippen LogP contribution in [0.15, 0.2) is 12.1 Å². The maximum Gasteiger partial charge on any atom is 0.573 e. The van der Waals surface area contributed by atoms with E-state index in [1.165, 1.54) is 0 Å². The van der Waals surface area contributed by atoms with Crippen molar-refractivity contribution in [2.45, 2.75) is 43.5 Å². The summed E-state index contributed by atoms with van der Waals surface area (Å²) in [5.74, 6) is -5.47. The van der Waals surface area contributed by atoms with Crippen molar-refractivity contribution in [1.82, 2.24) is 0 Å². The molecule has 0 radical (unpaired) electrons. The fourth-order valence-electron chi connectivity index (χ4n) is 2.97. The number of benzene rings is 1. The highest BCUT2D eigenvalue weighted by molar-refractivity contribution is 6.32. The summed E-state index contributed by atoms with van der Waals surface area (Å²) in [5, 5.41) is -0.857. The third kappa shape index (κ3) is 4.52. The van der Waals surface area contributed by atoms with Crippen LogP contribution >= 0.6 is 11.6 Å². The number of halogens is 7. The number of nitrogens with zero attached hydrogens (tertiary/aromatic N) is 1. The van der Waals surface area contributed by atoms with Crippen molar-refractivity contribution in [3.05, 3.63) is 23.0 Å². The van der Waals surface area contributed by atoms with Crippen LogP contribution in [0.25, 0.3) is 0 Å². The zero-order valence-corrected chi connectivity index (χ0v) is 14.7. The number of hydrogen-bond acceptors (Lipinski definition) is 3. The van der Waals surface area contributed by atoms with Crippen LogP contribution in [0.1, 0.15) is 25.7 Å². The van der Waals surface area contributed by atoms with Crippen molar-refractivity contribution in [1.29, 1.82) is 0 Å². The van der Waals surface area contributed by atoms with E-state index in [1.807, 2.05) is 0 Å². The minimum atomic E-state index is -5.24. The Morgan fingerprint density at radius 1 is 1.25 bits per heavy atom. The van der Waals surface area contributed by atoms with Crippen molar-refractivity contribution in [3.8, 4) is 18.1 Å². The lowest BCUT2D eigenvalue weighted by atomic mass is 9.79. The van der Waals surface area contributed by atoms with E-state index in [0.717, 1.165) is 6.07 Å².